The standard InChI is InChI=1S/C13H11BrN2/c1-10-3-2-8-15-13(10)16-9-11-4-6-12(14)7-5-11/h2-9H,1H3/b16-9+. The number of benzene rings is 1. The Hall–Kier alpha value is -1.48. The first-order valence-corrected chi connectivity index (χ1v) is 5.76. The predicted molar refractivity (Wildman–Crippen MR) is 70.4 cm³/mol. The zero-order valence-corrected chi connectivity index (χ0v) is 10.5. The largest absolute Gasteiger partial charge is 0.237 e. The maximum Gasteiger partial charge on any atom is 0.154 e. The van der Waals surface area contributed by atoms with Crippen molar-refractivity contribution in [3.63, 3.8) is 0 Å². The Balaban J connectivity index is 2.21. The van der Waals surface area contributed by atoms with Crippen molar-refractivity contribution in [2.24, 2.45) is 4.99 Å². The zero-order chi connectivity index (χ0) is 11.4. The van der Waals surface area contributed by atoms with Crippen LogP contribution in [0.15, 0.2) is 52.1 Å². The summed E-state index contributed by atoms with van der Waals surface area (Å²) in [7, 11) is 0. The van der Waals surface area contributed by atoms with Gasteiger partial charge in [-0.25, -0.2) is 9.98 Å². The van der Waals surface area contributed by atoms with Crippen molar-refractivity contribution >= 4 is 28.0 Å². The Morgan fingerprint density at radius 3 is 2.62 bits per heavy atom. The molecule has 0 aliphatic heterocycles. The van der Waals surface area contributed by atoms with E-state index in [1.807, 2.05) is 49.5 Å². The first kappa shape index (κ1) is 11.0. The number of nitrogens with zero attached hydrogens (tertiary/aromatic N) is 2. The maximum atomic E-state index is 4.35. The van der Waals surface area contributed by atoms with Crippen LogP contribution in [0.4, 0.5) is 5.82 Å². The average molecular weight is 275 g/mol. The molecule has 0 fully saturated rings. The van der Waals surface area contributed by atoms with Crippen LogP contribution in [0.5, 0.6) is 0 Å². The molecule has 1 heterocycles. The van der Waals surface area contributed by atoms with E-state index in [1.54, 1.807) is 6.20 Å². The first-order chi connectivity index (χ1) is 7.75. The van der Waals surface area contributed by atoms with Gasteiger partial charge in [0.1, 0.15) is 0 Å². The zero-order valence-electron chi connectivity index (χ0n) is 8.89. The van der Waals surface area contributed by atoms with E-state index < -0.39 is 0 Å². The fourth-order valence-corrected chi connectivity index (χ4v) is 1.56. The van der Waals surface area contributed by atoms with E-state index in [-0.39, 0.29) is 0 Å². The highest BCUT2D eigenvalue weighted by molar-refractivity contribution is 9.10. The highest BCUT2D eigenvalue weighted by atomic mass is 79.9. The molecule has 0 atom stereocenters. The van der Waals surface area contributed by atoms with E-state index in [4.69, 9.17) is 0 Å². The van der Waals surface area contributed by atoms with E-state index in [0.717, 1.165) is 21.4 Å². The number of aryl methyl sites for hydroxylation is 1. The summed E-state index contributed by atoms with van der Waals surface area (Å²) < 4.78 is 1.07. The highest BCUT2D eigenvalue weighted by Crippen LogP contribution is 2.14. The van der Waals surface area contributed by atoms with Gasteiger partial charge in [-0.15, -0.1) is 0 Å². The van der Waals surface area contributed by atoms with Crippen molar-refractivity contribution in [1.82, 2.24) is 4.98 Å². The molecule has 3 heteroatoms. The summed E-state index contributed by atoms with van der Waals surface area (Å²) in [5.74, 6) is 0.769. The topological polar surface area (TPSA) is 25.2 Å². The summed E-state index contributed by atoms with van der Waals surface area (Å²) in [6, 6.07) is 11.9. The first-order valence-electron chi connectivity index (χ1n) is 4.97. The molecule has 1 aromatic heterocycles. The average Bonchev–Trinajstić information content (AvgIpc) is 2.30. The molecule has 2 rings (SSSR count). The third kappa shape index (κ3) is 2.76. The van der Waals surface area contributed by atoms with Gasteiger partial charge < -0.3 is 0 Å². The van der Waals surface area contributed by atoms with Crippen LogP contribution in [0.2, 0.25) is 0 Å². The van der Waals surface area contributed by atoms with Crippen LogP contribution >= 0.6 is 15.9 Å². The summed E-state index contributed by atoms with van der Waals surface area (Å²) >= 11 is 3.40. The lowest BCUT2D eigenvalue weighted by atomic mass is 10.2. The molecule has 0 N–H and O–H groups in total. The second-order valence-corrected chi connectivity index (χ2v) is 4.37. The van der Waals surface area contributed by atoms with Crippen LogP contribution in [0.25, 0.3) is 0 Å². The number of pyridine rings is 1. The SMILES string of the molecule is Cc1cccnc1/N=C/c1ccc(Br)cc1. The fraction of sp³-hybridized carbons (Fsp3) is 0.0769. The summed E-state index contributed by atoms with van der Waals surface area (Å²) in [4.78, 5) is 8.56. The van der Waals surface area contributed by atoms with Crippen molar-refractivity contribution in [1.29, 1.82) is 0 Å². The molecule has 0 saturated heterocycles. The Morgan fingerprint density at radius 2 is 1.94 bits per heavy atom. The summed E-state index contributed by atoms with van der Waals surface area (Å²) in [6.07, 6.45) is 3.57. The van der Waals surface area contributed by atoms with Crippen LogP contribution < -0.4 is 0 Å². The fourth-order valence-electron chi connectivity index (χ4n) is 1.30. The van der Waals surface area contributed by atoms with Crippen LogP contribution in [0.1, 0.15) is 11.1 Å². The van der Waals surface area contributed by atoms with Gasteiger partial charge >= 0.3 is 0 Å². The van der Waals surface area contributed by atoms with E-state index in [9.17, 15) is 0 Å². The van der Waals surface area contributed by atoms with Gasteiger partial charge in [-0.3, -0.25) is 0 Å². The van der Waals surface area contributed by atoms with Crippen LogP contribution in [0.3, 0.4) is 0 Å². The normalized spacial score (nSPS) is 10.9. The molecule has 2 aromatic rings. The molecule has 80 valence electrons. The minimum atomic E-state index is 0.769. The van der Waals surface area contributed by atoms with Gasteiger partial charge in [0.05, 0.1) is 0 Å². The van der Waals surface area contributed by atoms with Gasteiger partial charge in [0.25, 0.3) is 0 Å². The minimum absolute atomic E-state index is 0.769. The predicted octanol–water partition coefficient (Wildman–Crippen LogP) is 3.90. The quantitative estimate of drug-likeness (QED) is 0.763. The van der Waals surface area contributed by atoms with Crippen LogP contribution in [0, 0.1) is 6.92 Å². The van der Waals surface area contributed by atoms with Gasteiger partial charge in [-0.1, -0.05) is 34.1 Å². The molecule has 0 unspecified atom stereocenters. The second kappa shape index (κ2) is 5.03. The third-order valence-corrected chi connectivity index (χ3v) is 2.72. The third-order valence-electron chi connectivity index (χ3n) is 2.19. The lowest BCUT2D eigenvalue weighted by Crippen LogP contribution is -1.82. The molecular weight excluding hydrogens is 264 g/mol. The lowest BCUT2D eigenvalue weighted by molar-refractivity contribution is 1.23. The van der Waals surface area contributed by atoms with Crippen LogP contribution in [-0.2, 0) is 0 Å². The molecule has 0 spiro atoms. The van der Waals surface area contributed by atoms with Gasteiger partial charge in [-0.2, -0.15) is 0 Å². The maximum absolute atomic E-state index is 4.35. The number of halogens is 1. The molecule has 0 saturated carbocycles. The van der Waals surface area contributed by atoms with Crippen LogP contribution in [-0.4, -0.2) is 11.2 Å². The van der Waals surface area contributed by atoms with E-state index in [1.165, 1.54) is 0 Å². The number of hydrogen-bond donors (Lipinski definition) is 0. The minimum Gasteiger partial charge on any atom is -0.237 e. The van der Waals surface area contributed by atoms with Gasteiger partial charge in [-0.05, 0) is 36.2 Å². The Kier molecular flexibility index (Phi) is 3.47. The van der Waals surface area contributed by atoms with Crippen molar-refractivity contribution in [2.75, 3.05) is 0 Å². The molecule has 2 nitrogen and oxygen atoms in total. The monoisotopic (exact) mass is 274 g/mol. The Bertz CT molecular complexity index is 504. The van der Waals surface area contributed by atoms with Crippen molar-refractivity contribution < 1.29 is 0 Å². The Morgan fingerprint density at radius 1 is 1.19 bits per heavy atom. The highest BCUT2D eigenvalue weighted by Gasteiger charge is 1.94. The second-order valence-electron chi connectivity index (χ2n) is 3.45. The number of hydrogen-bond acceptors (Lipinski definition) is 2. The molecular formula is C13H11BrN2. The molecule has 0 aliphatic rings. The van der Waals surface area contributed by atoms with Crippen molar-refractivity contribution in [3.8, 4) is 0 Å². The summed E-state index contributed by atoms with van der Waals surface area (Å²) in [6.45, 7) is 2.00. The molecule has 0 amide bonds. The van der Waals surface area contributed by atoms with Gasteiger partial charge in [0, 0.05) is 16.9 Å². The number of rotatable bonds is 2. The van der Waals surface area contributed by atoms with Gasteiger partial charge in [0.2, 0.25) is 0 Å². The molecule has 0 aliphatic carbocycles. The molecule has 16 heavy (non-hydrogen) atoms. The lowest BCUT2D eigenvalue weighted by Gasteiger charge is -1.97. The van der Waals surface area contributed by atoms with Crippen molar-refractivity contribution in [2.45, 2.75) is 6.92 Å². The number of aliphatic imine (C=N–C) groups is 1. The molecule has 0 radical (unpaired) electrons. The van der Waals surface area contributed by atoms with E-state index >= 15 is 0 Å². The number of aromatic nitrogens is 1. The smallest absolute Gasteiger partial charge is 0.154 e. The van der Waals surface area contributed by atoms with E-state index in [2.05, 4.69) is 25.9 Å². The van der Waals surface area contributed by atoms with E-state index in [0.29, 0.717) is 0 Å². The molecule has 0 bridgehead atoms. The molecule has 1 aromatic carbocycles. The van der Waals surface area contributed by atoms with Gasteiger partial charge in [0.15, 0.2) is 5.82 Å². The Labute approximate surface area is 103 Å². The summed E-state index contributed by atoms with van der Waals surface area (Å²) in [5, 5.41) is 0. The summed E-state index contributed by atoms with van der Waals surface area (Å²) in [5.41, 5.74) is 2.14. The van der Waals surface area contributed by atoms with Crippen molar-refractivity contribution in [3.05, 3.63) is 58.2 Å².